The predicted octanol–water partition coefficient (Wildman–Crippen LogP) is 2.74. The number of amides is 2. The van der Waals surface area contributed by atoms with E-state index in [2.05, 4.69) is 16.0 Å². The minimum absolute atomic E-state index is 0.0261. The first-order valence-electron chi connectivity index (χ1n) is 8.40. The summed E-state index contributed by atoms with van der Waals surface area (Å²) in [5, 5.41) is 9.04. The van der Waals surface area contributed by atoms with E-state index in [0.29, 0.717) is 0 Å². The fourth-order valence-electron chi connectivity index (χ4n) is 2.58. The molecule has 2 amide bonds. The number of rotatable bonds is 6. The van der Waals surface area contributed by atoms with Gasteiger partial charge in [0.25, 0.3) is 0 Å². The van der Waals surface area contributed by atoms with Crippen molar-refractivity contribution >= 4 is 23.4 Å². The lowest BCUT2D eigenvalue weighted by Crippen LogP contribution is -2.50. The molecule has 7 nitrogen and oxygen atoms in total. The monoisotopic (exact) mass is 349 g/mol. The molecule has 0 saturated heterocycles. The Bertz CT molecular complexity index is 607. The summed E-state index contributed by atoms with van der Waals surface area (Å²) in [5.74, 6) is -0.190. The molecule has 3 N–H and O–H groups in total. The maximum absolute atomic E-state index is 11.7. The first-order valence-corrected chi connectivity index (χ1v) is 8.40. The Balaban J connectivity index is 1.76. The first-order chi connectivity index (χ1) is 11.7. The molecule has 0 aromatic heterocycles. The van der Waals surface area contributed by atoms with E-state index in [4.69, 9.17) is 9.47 Å². The van der Waals surface area contributed by atoms with E-state index in [9.17, 15) is 9.59 Å². The molecule has 1 saturated carbocycles. The van der Waals surface area contributed by atoms with Gasteiger partial charge in [-0.25, -0.2) is 4.79 Å². The summed E-state index contributed by atoms with van der Waals surface area (Å²) < 4.78 is 10.0. The second-order valence-electron chi connectivity index (χ2n) is 7.22. The van der Waals surface area contributed by atoms with E-state index < -0.39 is 5.60 Å². The minimum atomic E-state index is -0.487. The Hall–Kier alpha value is -2.28. The Morgan fingerprint density at radius 1 is 1.16 bits per heavy atom. The molecule has 1 aliphatic rings. The Labute approximate surface area is 148 Å². The van der Waals surface area contributed by atoms with Crippen LogP contribution in [0.15, 0.2) is 24.3 Å². The summed E-state index contributed by atoms with van der Waals surface area (Å²) in [6, 6.07) is 7.93. The van der Waals surface area contributed by atoms with Crippen LogP contribution in [0.3, 0.4) is 0 Å². The van der Waals surface area contributed by atoms with Crippen LogP contribution in [0.5, 0.6) is 0 Å². The summed E-state index contributed by atoms with van der Waals surface area (Å²) in [6.07, 6.45) is 1.29. The van der Waals surface area contributed by atoms with Crippen LogP contribution < -0.4 is 16.0 Å². The van der Waals surface area contributed by atoms with Crippen LogP contribution in [0.25, 0.3) is 0 Å². The third-order valence-corrected chi connectivity index (χ3v) is 3.65. The SMILES string of the molecule is COCC(=O)Nc1cccc(NC2CC(NC(=O)OC(C)(C)C)C2)c1. The summed E-state index contributed by atoms with van der Waals surface area (Å²) in [7, 11) is 1.48. The number of carbonyl (C=O) groups excluding carboxylic acids is 2. The van der Waals surface area contributed by atoms with Gasteiger partial charge in [-0.3, -0.25) is 4.79 Å². The van der Waals surface area contributed by atoms with Crippen LogP contribution in [0, 0.1) is 0 Å². The lowest BCUT2D eigenvalue weighted by molar-refractivity contribution is -0.119. The molecule has 0 heterocycles. The van der Waals surface area contributed by atoms with Gasteiger partial charge in [0.05, 0.1) is 0 Å². The van der Waals surface area contributed by atoms with Crippen LogP contribution in [-0.2, 0) is 14.3 Å². The number of hydrogen-bond donors (Lipinski definition) is 3. The van der Waals surface area contributed by atoms with Gasteiger partial charge in [-0.15, -0.1) is 0 Å². The van der Waals surface area contributed by atoms with E-state index in [1.807, 2.05) is 45.0 Å². The first kappa shape index (κ1) is 19.1. The summed E-state index contributed by atoms with van der Waals surface area (Å²) in [6.45, 7) is 5.56. The molecule has 7 heteroatoms. The Kier molecular flexibility index (Phi) is 6.25. The van der Waals surface area contributed by atoms with Crippen LogP contribution in [0.2, 0.25) is 0 Å². The third kappa shape index (κ3) is 6.62. The van der Waals surface area contributed by atoms with Crippen LogP contribution in [0.4, 0.5) is 16.2 Å². The molecule has 0 spiro atoms. The Morgan fingerprint density at radius 3 is 2.48 bits per heavy atom. The molecule has 0 atom stereocenters. The van der Waals surface area contributed by atoms with Crippen LogP contribution in [0.1, 0.15) is 33.6 Å². The van der Waals surface area contributed by atoms with E-state index in [0.717, 1.165) is 24.2 Å². The van der Waals surface area contributed by atoms with Crippen molar-refractivity contribution in [2.24, 2.45) is 0 Å². The van der Waals surface area contributed by atoms with Crippen molar-refractivity contribution in [3.05, 3.63) is 24.3 Å². The number of nitrogens with one attached hydrogen (secondary N) is 3. The van der Waals surface area contributed by atoms with Crippen molar-refractivity contribution in [3.8, 4) is 0 Å². The number of ether oxygens (including phenoxy) is 2. The quantitative estimate of drug-likeness (QED) is 0.735. The summed E-state index contributed by atoms with van der Waals surface area (Å²) in [5.41, 5.74) is 1.16. The second-order valence-corrected chi connectivity index (χ2v) is 7.22. The lowest BCUT2D eigenvalue weighted by Gasteiger charge is -2.37. The lowest BCUT2D eigenvalue weighted by atomic mass is 9.86. The molecule has 0 unspecified atom stereocenters. The van der Waals surface area contributed by atoms with Crippen molar-refractivity contribution in [2.45, 2.75) is 51.3 Å². The van der Waals surface area contributed by atoms with Crippen molar-refractivity contribution < 1.29 is 19.1 Å². The second kappa shape index (κ2) is 8.20. The minimum Gasteiger partial charge on any atom is -0.444 e. The molecule has 0 aliphatic heterocycles. The van der Waals surface area contributed by atoms with Gasteiger partial charge in [0, 0.05) is 30.6 Å². The molecule has 0 bridgehead atoms. The highest BCUT2D eigenvalue weighted by Crippen LogP contribution is 2.26. The molecule has 1 aliphatic carbocycles. The number of alkyl carbamates (subject to hydrolysis) is 1. The topological polar surface area (TPSA) is 88.7 Å². The number of benzene rings is 1. The maximum atomic E-state index is 11.7. The zero-order valence-corrected chi connectivity index (χ0v) is 15.2. The average Bonchev–Trinajstić information content (AvgIpc) is 2.43. The largest absolute Gasteiger partial charge is 0.444 e. The van der Waals surface area contributed by atoms with Gasteiger partial charge in [0.1, 0.15) is 12.2 Å². The highest BCUT2D eigenvalue weighted by Gasteiger charge is 2.31. The van der Waals surface area contributed by atoms with Crippen LogP contribution in [-0.4, -0.2) is 43.4 Å². The zero-order chi connectivity index (χ0) is 18.4. The number of anilines is 2. The molecule has 1 aromatic rings. The standard InChI is InChI=1S/C18H27N3O4/c1-18(2,3)25-17(23)21-15-9-14(10-15)19-12-6-5-7-13(8-12)20-16(22)11-24-4/h5-8,14-15,19H,9-11H2,1-4H3,(H,20,22)(H,21,23). The van der Waals surface area contributed by atoms with Gasteiger partial charge < -0.3 is 25.4 Å². The van der Waals surface area contributed by atoms with Crippen molar-refractivity contribution in [3.63, 3.8) is 0 Å². The van der Waals surface area contributed by atoms with Gasteiger partial charge in [0.2, 0.25) is 5.91 Å². The van der Waals surface area contributed by atoms with Gasteiger partial charge >= 0.3 is 6.09 Å². The van der Waals surface area contributed by atoms with Crippen molar-refractivity contribution in [1.82, 2.24) is 5.32 Å². The average molecular weight is 349 g/mol. The molecular weight excluding hydrogens is 322 g/mol. The van der Waals surface area contributed by atoms with E-state index >= 15 is 0 Å². The molecule has 1 fully saturated rings. The van der Waals surface area contributed by atoms with Gasteiger partial charge in [-0.05, 0) is 51.8 Å². The molecule has 0 radical (unpaired) electrons. The molecule has 1 aromatic carbocycles. The zero-order valence-electron chi connectivity index (χ0n) is 15.2. The van der Waals surface area contributed by atoms with Gasteiger partial charge in [0.15, 0.2) is 0 Å². The van der Waals surface area contributed by atoms with Gasteiger partial charge in [-0.2, -0.15) is 0 Å². The highest BCUT2D eigenvalue weighted by atomic mass is 16.6. The number of carbonyl (C=O) groups is 2. The molecule has 2 rings (SSSR count). The summed E-state index contributed by atoms with van der Waals surface area (Å²) in [4.78, 5) is 23.3. The van der Waals surface area contributed by atoms with Crippen LogP contribution >= 0.6 is 0 Å². The van der Waals surface area contributed by atoms with Gasteiger partial charge in [-0.1, -0.05) is 6.07 Å². The Morgan fingerprint density at radius 2 is 1.84 bits per heavy atom. The molecular formula is C18H27N3O4. The van der Waals surface area contributed by atoms with Crippen molar-refractivity contribution in [1.29, 1.82) is 0 Å². The summed E-state index contributed by atoms with van der Waals surface area (Å²) >= 11 is 0. The van der Waals surface area contributed by atoms with E-state index in [-0.39, 0.29) is 30.7 Å². The fourth-order valence-corrected chi connectivity index (χ4v) is 2.58. The molecule has 25 heavy (non-hydrogen) atoms. The number of hydrogen-bond acceptors (Lipinski definition) is 5. The maximum Gasteiger partial charge on any atom is 0.407 e. The molecule has 138 valence electrons. The third-order valence-electron chi connectivity index (χ3n) is 3.65. The smallest absolute Gasteiger partial charge is 0.407 e. The van der Waals surface area contributed by atoms with E-state index in [1.54, 1.807) is 0 Å². The number of methoxy groups -OCH3 is 1. The van der Waals surface area contributed by atoms with Crippen molar-refractivity contribution in [2.75, 3.05) is 24.4 Å². The normalized spacial score (nSPS) is 19.5. The fraction of sp³-hybridized carbons (Fsp3) is 0.556. The predicted molar refractivity (Wildman–Crippen MR) is 96.8 cm³/mol. The highest BCUT2D eigenvalue weighted by molar-refractivity contribution is 5.92. The van der Waals surface area contributed by atoms with E-state index in [1.165, 1.54) is 7.11 Å².